The molecular formula is C13H19N3O. The van der Waals surface area contributed by atoms with E-state index in [4.69, 9.17) is 10.5 Å². The summed E-state index contributed by atoms with van der Waals surface area (Å²) in [7, 11) is 1.67. The molecule has 0 spiro atoms. The Hall–Kier alpha value is -1.71. The Labute approximate surface area is 101 Å². The van der Waals surface area contributed by atoms with Gasteiger partial charge in [0.2, 0.25) is 5.95 Å². The van der Waals surface area contributed by atoms with E-state index in [0.717, 1.165) is 29.7 Å². The van der Waals surface area contributed by atoms with Gasteiger partial charge >= 0.3 is 0 Å². The molecule has 1 aromatic heterocycles. The number of aryl methyl sites for hydroxylation is 1. The van der Waals surface area contributed by atoms with Crippen LogP contribution in [-0.4, -0.2) is 16.7 Å². The molecule has 0 unspecified atom stereocenters. The molecule has 2 aromatic rings. The van der Waals surface area contributed by atoms with E-state index in [1.54, 1.807) is 7.11 Å². The van der Waals surface area contributed by atoms with Crippen molar-refractivity contribution in [3.63, 3.8) is 0 Å². The Morgan fingerprint density at radius 1 is 1.41 bits per heavy atom. The van der Waals surface area contributed by atoms with Crippen molar-refractivity contribution in [2.75, 3.05) is 12.8 Å². The van der Waals surface area contributed by atoms with Crippen LogP contribution in [0.5, 0.6) is 5.75 Å². The van der Waals surface area contributed by atoms with E-state index >= 15 is 0 Å². The van der Waals surface area contributed by atoms with Crippen LogP contribution in [0.1, 0.15) is 20.3 Å². The lowest BCUT2D eigenvalue weighted by molar-refractivity contribution is 0.415. The summed E-state index contributed by atoms with van der Waals surface area (Å²) in [5.74, 6) is 2.06. The summed E-state index contributed by atoms with van der Waals surface area (Å²) in [5, 5.41) is 0. The molecule has 92 valence electrons. The van der Waals surface area contributed by atoms with Gasteiger partial charge < -0.3 is 15.0 Å². The number of benzene rings is 1. The molecule has 0 saturated carbocycles. The van der Waals surface area contributed by atoms with E-state index in [1.807, 2.05) is 18.2 Å². The van der Waals surface area contributed by atoms with Crippen LogP contribution >= 0.6 is 0 Å². The van der Waals surface area contributed by atoms with Crippen LogP contribution in [0.3, 0.4) is 0 Å². The molecule has 4 heteroatoms. The fourth-order valence-electron chi connectivity index (χ4n) is 1.87. The number of aromatic nitrogens is 2. The molecule has 0 aliphatic rings. The number of imidazole rings is 1. The third-order valence-electron chi connectivity index (χ3n) is 2.91. The van der Waals surface area contributed by atoms with Gasteiger partial charge in [0.1, 0.15) is 5.75 Å². The normalized spacial score (nSPS) is 11.3. The summed E-state index contributed by atoms with van der Waals surface area (Å²) >= 11 is 0. The Kier molecular flexibility index (Phi) is 3.22. The standard InChI is InChI=1S/C13H19N3O/c1-9(2)6-7-16-12-8-10(17-3)4-5-11(12)15-13(16)14/h4-5,8-9H,6-7H2,1-3H3,(H2,14,15). The lowest BCUT2D eigenvalue weighted by Gasteiger charge is -2.09. The van der Waals surface area contributed by atoms with Gasteiger partial charge in [-0.3, -0.25) is 0 Å². The summed E-state index contributed by atoms with van der Waals surface area (Å²) in [6.45, 7) is 5.30. The number of nitrogen functional groups attached to an aromatic ring is 1. The van der Waals surface area contributed by atoms with Crippen LogP contribution in [-0.2, 0) is 6.54 Å². The summed E-state index contributed by atoms with van der Waals surface area (Å²) in [5.41, 5.74) is 7.91. The third-order valence-corrected chi connectivity index (χ3v) is 2.91. The summed E-state index contributed by atoms with van der Waals surface area (Å²) in [6.07, 6.45) is 1.09. The zero-order valence-electron chi connectivity index (χ0n) is 10.6. The maximum atomic E-state index is 5.94. The summed E-state index contributed by atoms with van der Waals surface area (Å²) in [6, 6.07) is 5.83. The highest BCUT2D eigenvalue weighted by atomic mass is 16.5. The number of nitrogens with two attached hydrogens (primary N) is 1. The van der Waals surface area contributed by atoms with Crippen molar-refractivity contribution in [1.29, 1.82) is 0 Å². The van der Waals surface area contributed by atoms with Crippen molar-refractivity contribution in [2.45, 2.75) is 26.8 Å². The number of methoxy groups -OCH3 is 1. The fourth-order valence-corrected chi connectivity index (χ4v) is 1.87. The van der Waals surface area contributed by atoms with E-state index in [-0.39, 0.29) is 0 Å². The number of hydrogen-bond donors (Lipinski definition) is 1. The number of nitrogens with zero attached hydrogens (tertiary/aromatic N) is 2. The molecule has 0 bridgehead atoms. The predicted molar refractivity (Wildman–Crippen MR) is 70.2 cm³/mol. The number of anilines is 1. The van der Waals surface area contributed by atoms with Gasteiger partial charge in [-0.1, -0.05) is 13.8 Å². The lowest BCUT2D eigenvalue weighted by atomic mass is 10.1. The second-order valence-electron chi connectivity index (χ2n) is 4.66. The second-order valence-corrected chi connectivity index (χ2v) is 4.66. The summed E-state index contributed by atoms with van der Waals surface area (Å²) < 4.78 is 7.28. The first-order valence-corrected chi connectivity index (χ1v) is 5.91. The number of rotatable bonds is 4. The Morgan fingerprint density at radius 2 is 2.18 bits per heavy atom. The highest BCUT2D eigenvalue weighted by molar-refractivity contribution is 5.79. The number of ether oxygens (including phenoxy) is 1. The molecule has 1 aromatic carbocycles. The first-order chi connectivity index (χ1) is 8.11. The van der Waals surface area contributed by atoms with Crippen molar-refractivity contribution >= 4 is 17.0 Å². The van der Waals surface area contributed by atoms with Gasteiger partial charge in [0.15, 0.2) is 0 Å². The van der Waals surface area contributed by atoms with Crippen LogP contribution in [0.4, 0.5) is 5.95 Å². The first kappa shape index (κ1) is 11.8. The SMILES string of the molecule is COc1ccc2nc(N)n(CCC(C)C)c2c1. The van der Waals surface area contributed by atoms with Gasteiger partial charge in [-0.25, -0.2) is 4.98 Å². The van der Waals surface area contributed by atoms with E-state index in [2.05, 4.69) is 23.4 Å². The van der Waals surface area contributed by atoms with Crippen molar-refractivity contribution in [3.8, 4) is 5.75 Å². The Morgan fingerprint density at radius 3 is 2.82 bits per heavy atom. The molecule has 0 amide bonds. The predicted octanol–water partition coefficient (Wildman–Crippen LogP) is 2.67. The highest BCUT2D eigenvalue weighted by Gasteiger charge is 2.09. The molecule has 1 heterocycles. The van der Waals surface area contributed by atoms with E-state index in [0.29, 0.717) is 11.9 Å². The van der Waals surface area contributed by atoms with Crippen LogP contribution in [0.25, 0.3) is 11.0 Å². The van der Waals surface area contributed by atoms with Crippen LogP contribution < -0.4 is 10.5 Å². The minimum atomic E-state index is 0.578. The molecule has 0 radical (unpaired) electrons. The van der Waals surface area contributed by atoms with Gasteiger partial charge in [0.25, 0.3) is 0 Å². The first-order valence-electron chi connectivity index (χ1n) is 5.91. The summed E-state index contributed by atoms with van der Waals surface area (Å²) in [4.78, 5) is 4.35. The molecule has 0 fully saturated rings. The van der Waals surface area contributed by atoms with Gasteiger partial charge in [-0.15, -0.1) is 0 Å². The molecule has 4 nitrogen and oxygen atoms in total. The average molecular weight is 233 g/mol. The lowest BCUT2D eigenvalue weighted by Crippen LogP contribution is -2.05. The van der Waals surface area contributed by atoms with Crippen LogP contribution in [0, 0.1) is 5.92 Å². The zero-order chi connectivity index (χ0) is 12.4. The highest BCUT2D eigenvalue weighted by Crippen LogP contribution is 2.23. The maximum absolute atomic E-state index is 5.94. The Balaban J connectivity index is 2.41. The van der Waals surface area contributed by atoms with E-state index in [9.17, 15) is 0 Å². The Bertz CT molecular complexity index is 517. The zero-order valence-corrected chi connectivity index (χ0v) is 10.6. The molecule has 0 atom stereocenters. The van der Waals surface area contributed by atoms with Crippen molar-refractivity contribution in [3.05, 3.63) is 18.2 Å². The quantitative estimate of drug-likeness (QED) is 0.883. The fraction of sp³-hybridized carbons (Fsp3) is 0.462. The molecule has 17 heavy (non-hydrogen) atoms. The number of hydrogen-bond acceptors (Lipinski definition) is 3. The molecule has 0 aliphatic carbocycles. The number of fused-ring (bicyclic) bond motifs is 1. The average Bonchev–Trinajstić information content (AvgIpc) is 2.61. The smallest absolute Gasteiger partial charge is 0.201 e. The minimum Gasteiger partial charge on any atom is -0.497 e. The van der Waals surface area contributed by atoms with Gasteiger partial charge in [-0.2, -0.15) is 0 Å². The van der Waals surface area contributed by atoms with Gasteiger partial charge in [0.05, 0.1) is 18.1 Å². The van der Waals surface area contributed by atoms with E-state index in [1.165, 1.54) is 0 Å². The second kappa shape index (κ2) is 4.65. The van der Waals surface area contributed by atoms with E-state index < -0.39 is 0 Å². The third kappa shape index (κ3) is 2.35. The largest absolute Gasteiger partial charge is 0.497 e. The minimum absolute atomic E-state index is 0.578. The molecule has 0 aliphatic heterocycles. The van der Waals surface area contributed by atoms with Crippen LogP contribution in [0.2, 0.25) is 0 Å². The molecule has 2 rings (SSSR count). The molecule has 0 saturated heterocycles. The van der Waals surface area contributed by atoms with Crippen molar-refractivity contribution in [1.82, 2.24) is 9.55 Å². The van der Waals surface area contributed by atoms with Crippen LogP contribution in [0.15, 0.2) is 18.2 Å². The van der Waals surface area contributed by atoms with Crippen molar-refractivity contribution < 1.29 is 4.74 Å². The van der Waals surface area contributed by atoms with Gasteiger partial charge in [0, 0.05) is 12.6 Å². The maximum Gasteiger partial charge on any atom is 0.201 e. The monoisotopic (exact) mass is 233 g/mol. The molecular weight excluding hydrogens is 214 g/mol. The van der Waals surface area contributed by atoms with Gasteiger partial charge in [-0.05, 0) is 24.5 Å². The topological polar surface area (TPSA) is 53.1 Å². The molecule has 2 N–H and O–H groups in total. The van der Waals surface area contributed by atoms with Crippen molar-refractivity contribution in [2.24, 2.45) is 5.92 Å².